The molecule has 10 heteroatoms. The lowest BCUT2D eigenvalue weighted by Crippen LogP contribution is -2.53. The van der Waals surface area contributed by atoms with E-state index in [2.05, 4.69) is 35.2 Å². The number of guanidine groups is 1. The van der Waals surface area contributed by atoms with E-state index < -0.39 is 0 Å². The minimum atomic E-state index is 0. The molecule has 1 aliphatic heterocycles. The van der Waals surface area contributed by atoms with Gasteiger partial charge in [0.25, 0.3) is 5.89 Å². The van der Waals surface area contributed by atoms with Gasteiger partial charge in [-0.3, -0.25) is 14.9 Å². The van der Waals surface area contributed by atoms with Crippen molar-refractivity contribution in [2.24, 2.45) is 4.99 Å². The molecule has 0 amide bonds. The molecule has 9 nitrogen and oxygen atoms in total. The summed E-state index contributed by atoms with van der Waals surface area (Å²) in [5.41, 5.74) is 0.682. The Labute approximate surface area is 211 Å². The topological polar surface area (TPSA) is 91.9 Å². The Balaban J connectivity index is 0.00000306. The predicted molar refractivity (Wildman–Crippen MR) is 138 cm³/mol. The molecule has 4 rings (SSSR count). The average molecular weight is 563 g/mol. The van der Waals surface area contributed by atoms with Gasteiger partial charge in [-0.25, -0.2) is 0 Å². The van der Waals surface area contributed by atoms with Crippen LogP contribution in [0.25, 0.3) is 11.6 Å². The minimum absolute atomic E-state index is 0. The second kappa shape index (κ2) is 13.1. The van der Waals surface area contributed by atoms with Crippen LogP contribution in [0.4, 0.5) is 0 Å². The van der Waals surface area contributed by atoms with Gasteiger partial charge in [0.15, 0.2) is 11.8 Å². The van der Waals surface area contributed by atoms with Crippen molar-refractivity contribution in [1.29, 1.82) is 0 Å². The number of ether oxygens (including phenoxy) is 1. The third-order valence-electron chi connectivity index (χ3n) is 5.29. The molecular weight excluding hydrogens is 533 g/mol. The van der Waals surface area contributed by atoms with Crippen molar-refractivity contribution in [2.75, 3.05) is 52.9 Å². The summed E-state index contributed by atoms with van der Waals surface area (Å²) in [5.74, 6) is 2.91. The Hall–Kier alpha value is -2.73. The smallest absolute Gasteiger partial charge is 0.276 e. The van der Waals surface area contributed by atoms with Crippen LogP contribution in [0.15, 0.2) is 64.2 Å². The molecule has 1 aromatic carbocycles. The van der Waals surface area contributed by atoms with Gasteiger partial charge in [0.1, 0.15) is 18.1 Å². The summed E-state index contributed by atoms with van der Waals surface area (Å²) in [7, 11) is 1.82. The fraction of sp³-hybridized carbons (Fsp3) is 0.391. The zero-order valence-electron chi connectivity index (χ0n) is 18.8. The predicted octanol–water partition coefficient (Wildman–Crippen LogP) is 2.56. The maximum absolute atomic E-state index is 5.81. The number of aromatic nitrogens is 3. The number of halogens is 1. The van der Waals surface area contributed by atoms with Crippen molar-refractivity contribution in [1.82, 2.24) is 30.2 Å². The maximum Gasteiger partial charge on any atom is 0.276 e. The normalized spacial score (nSPS) is 14.6. The summed E-state index contributed by atoms with van der Waals surface area (Å²) in [6, 6.07) is 15.6. The number of nitrogens with zero attached hydrogens (tertiary/aromatic N) is 6. The van der Waals surface area contributed by atoms with Crippen molar-refractivity contribution in [3.05, 3.63) is 60.6 Å². The lowest BCUT2D eigenvalue weighted by Gasteiger charge is -2.36. The van der Waals surface area contributed by atoms with E-state index in [0.29, 0.717) is 37.0 Å². The number of nitrogens with one attached hydrogen (secondary N) is 1. The molecule has 33 heavy (non-hydrogen) atoms. The molecule has 0 atom stereocenters. The first-order valence-corrected chi connectivity index (χ1v) is 10.9. The molecule has 1 aliphatic rings. The van der Waals surface area contributed by atoms with Crippen molar-refractivity contribution in [3.63, 3.8) is 0 Å². The summed E-state index contributed by atoms with van der Waals surface area (Å²) >= 11 is 0. The molecule has 0 saturated carbocycles. The van der Waals surface area contributed by atoms with Gasteiger partial charge < -0.3 is 19.5 Å². The summed E-state index contributed by atoms with van der Waals surface area (Å²) in [5, 5.41) is 7.46. The Morgan fingerprint density at radius 1 is 1.09 bits per heavy atom. The first-order valence-electron chi connectivity index (χ1n) is 10.9. The van der Waals surface area contributed by atoms with Crippen LogP contribution in [-0.4, -0.2) is 83.8 Å². The number of para-hydroxylation sites is 1. The van der Waals surface area contributed by atoms with Crippen LogP contribution in [0.2, 0.25) is 0 Å². The van der Waals surface area contributed by atoms with Crippen LogP contribution in [0.3, 0.4) is 0 Å². The van der Waals surface area contributed by atoms with Crippen LogP contribution in [0.1, 0.15) is 5.82 Å². The molecule has 3 heterocycles. The molecule has 0 aliphatic carbocycles. The summed E-state index contributed by atoms with van der Waals surface area (Å²) in [4.78, 5) is 17.8. The largest absolute Gasteiger partial charge is 0.492 e. The van der Waals surface area contributed by atoms with Crippen LogP contribution >= 0.6 is 24.0 Å². The number of rotatable bonds is 8. The molecule has 3 aromatic rings. The van der Waals surface area contributed by atoms with Gasteiger partial charge in [-0.2, -0.15) is 4.98 Å². The average Bonchev–Trinajstić information content (AvgIpc) is 3.33. The highest BCUT2D eigenvalue weighted by atomic mass is 127. The van der Waals surface area contributed by atoms with E-state index in [1.165, 1.54) is 0 Å². The number of hydrogen-bond donors (Lipinski definition) is 1. The van der Waals surface area contributed by atoms with E-state index >= 15 is 0 Å². The maximum atomic E-state index is 5.81. The zero-order valence-corrected chi connectivity index (χ0v) is 21.1. The van der Waals surface area contributed by atoms with Gasteiger partial charge in [0, 0.05) is 58.9 Å². The van der Waals surface area contributed by atoms with E-state index in [1.807, 2.05) is 55.6 Å². The standard InChI is InChI=1S/C23H29N7O2.HI/c1-24-23(26-12-10-21-27-22(32-28-21)20-9-5-6-11-25-20)30-15-13-29(14-16-30)17-18-31-19-7-3-2-4-8-19;/h2-9,11H,10,12-18H2,1H3,(H,24,26);1H. The fourth-order valence-electron chi connectivity index (χ4n) is 3.56. The molecule has 176 valence electrons. The fourth-order valence-corrected chi connectivity index (χ4v) is 3.56. The van der Waals surface area contributed by atoms with Crippen molar-refractivity contribution in [3.8, 4) is 17.3 Å². The van der Waals surface area contributed by atoms with E-state index in [-0.39, 0.29) is 24.0 Å². The first kappa shape index (κ1) is 24.9. The van der Waals surface area contributed by atoms with E-state index in [1.54, 1.807) is 6.20 Å². The molecule has 0 radical (unpaired) electrons. The van der Waals surface area contributed by atoms with Crippen LogP contribution in [-0.2, 0) is 6.42 Å². The van der Waals surface area contributed by atoms with E-state index in [4.69, 9.17) is 9.26 Å². The van der Waals surface area contributed by atoms with E-state index in [9.17, 15) is 0 Å². The highest BCUT2D eigenvalue weighted by Crippen LogP contribution is 2.13. The number of benzene rings is 1. The molecular formula is C23H30IN7O2. The van der Waals surface area contributed by atoms with Crippen molar-refractivity contribution < 1.29 is 9.26 Å². The molecule has 0 unspecified atom stereocenters. The highest BCUT2D eigenvalue weighted by Gasteiger charge is 2.19. The number of aliphatic imine (C=N–C) groups is 1. The van der Waals surface area contributed by atoms with Crippen LogP contribution < -0.4 is 10.1 Å². The third kappa shape index (κ3) is 7.39. The van der Waals surface area contributed by atoms with Crippen molar-refractivity contribution in [2.45, 2.75) is 6.42 Å². The zero-order chi connectivity index (χ0) is 22.0. The van der Waals surface area contributed by atoms with Crippen LogP contribution in [0, 0.1) is 0 Å². The quantitative estimate of drug-likeness (QED) is 0.254. The number of piperazine rings is 1. The van der Waals surface area contributed by atoms with Crippen molar-refractivity contribution >= 4 is 29.9 Å². The second-order valence-corrected chi connectivity index (χ2v) is 7.44. The number of pyridine rings is 1. The van der Waals surface area contributed by atoms with Gasteiger partial charge in [-0.15, -0.1) is 24.0 Å². The summed E-state index contributed by atoms with van der Waals surface area (Å²) in [6.45, 7) is 6.12. The lowest BCUT2D eigenvalue weighted by molar-refractivity contribution is 0.152. The van der Waals surface area contributed by atoms with E-state index in [0.717, 1.165) is 44.4 Å². The molecule has 1 N–H and O–H groups in total. The molecule has 2 aromatic heterocycles. The minimum Gasteiger partial charge on any atom is -0.492 e. The van der Waals surface area contributed by atoms with Gasteiger partial charge >= 0.3 is 0 Å². The lowest BCUT2D eigenvalue weighted by atomic mass is 10.3. The highest BCUT2D eigenvalue weighted by molar-refractivity contribution is 14.0. The first-order chi connectivity index (χ1) is 15.8. The molecule has 0 bridgehead atoms. The molecule has 1 fully saturated rings. The Kier molecular flexibility index (Phi) is 9.88. The summed E-state index contributed by atoms with van der Waals surface area (Å²) in [6.07, 6.45) is 2.35. The van der Waals surface area contributed by atoms with Crippen LogP contribution in [0.5, 0.6) is 5.75 Å². The second-order valence-electron chi connectivity index (χ2n) is 7.44. The summed E-state index contributed by atoms with van der Waals surface area (Å²) < 4.78 is 11.1. The monoisotopic (exact) mass is 563 g/mol. The molecule has 0 spiro atoms. The van der Waals surface area contributed by atoms with Gasteiger partial charge in [-0.05, 0) is 24.3 Å². The van der Waals surface area contributed by atoms with Gasteiger partial charge in [0.2, 0.25) is 0 Å². The number of hydrogen-bond acceptors (Lipinski definition) is 7. The van der Waals surface area contributed by atoms with Gasteiger partial charge in [-0.1, -0.05) is 29.4 Å². The third-order valence-corrected chi connectivity index (χ3v) is 5.29. The Morgan fingerprint density at radius 2 is 1.88 bits per heavy atom. The molecule has 1 saturated heterocycles. The van der Waals surface area contributed by atoms with Gasteiger partial charge in [0.05, 0.1) is 0 Å². The SMILES string of the molecule is CN=C(NCCc1noc(-c2ccccn2)n1)N1CCN(CCOc2ccccc2)CC1.I. The Bertz CT molecular complexity index is 977. The Morgan fingerprint density at radius 3 is 2.61 bits per heavy atom.